The van der Waals surface area contributed by atoms with Gasteiger partial charge in [-0.25, -0.2) is 9.78 Å². The first-order valence-electron chi connectivity index (χ1n) is 11.0. The summed E-state index contributed by atoms with van der Waals surface area (Å²) in [5.74, 6) is 0.378. The Hall–Kier alpha value is -3.16. The maximum absolute atomic E-state index is 11.8. The van der Waals surface area contributed by atoms with E-state index < -0.39 is 11.8 Å². The Balaban J connectivity index is 1.29. The molecule has 3 aromatic rings. The van der Waals surface area contributed by atoms with E-state index in [9.17, 15) is 4.79 Å². The van der Waals surface area contributed by atoms with Crippen LogP contribution in [0.2, 0.25) is 0 Å². The molecular formula is C26H29NO6. The quantitative estimate of drug-likeness (QED) is 0.486. The lowest BCUT2D eigenvalue weighted by atomic mass is 9.99. The molecule has 0 atom stereocenters. The number of rotatable bonds is 7. The predicted octanol–water partition coefficient (Wildman–Crippen LogP) is 4.60. The second kappa shape index (κ2) is 9.77. The molecule has 174 valence electrons. The highest BCUT2D eigenvalue weighted by Gasteiger charge is 2.41. The van der Waals surface area contributed by atoms with Gasteiger partial charge in [0.15, 0.2) is 0 Å². The molecule has 1 aromatic heterocycles. The summed E-state index contributed by atoms with van der Waals surface area (Å²) < 4.78 is 27.8. The molecule has 0 bridgehead atoms. The molecule has 0 N–H and O–H groups in total. The molecule has 7 nitrogen and oxygen atoms in total. The number of hydrogen-bond donors (Lipinski definition) is 0. The Morgan fingerprint density at radius 2 is 1.73 bits per heavy atom. The van der Waals surface area contributed by atoms with Crippen LogP contribution < -0.4 is 4.74 Å². The van der Waals surface area contributed by atoms with Crippen LogP contribution in [0.4, 0.5) is 0 Å². The summed E-state index contributed by atoms with van der Waals surface area (Å²) in [4.78, 5) is 16.4. The van der Waals surface area contributed by atoms with Crippen molar-refractivity contribution < 1.29 is 28.2 Å². The van der Waals surface area contributed by atoms with Gasteiger partial charge in [-0.15, -0.1) is 0 Å². The van der Waals surface area contributed by atoms with Crippen molar-refractivity contribution in [3.05, 3.63) is 71.1 Å². The number of oxazole rings is 1. The van der Waals surface area contributed by atoms with Gasteiger partial charge in [0.05, 0.1) is 32.6 Å². The van der Waals surface area contributed by atoms with E-state index >= 15 is 0 Å². The van der Waals surface area contributed by atoms with E-state index in [-0.39, 0.29) is 5.92 Å². The van der Waals surface area contributed by atoms with Crippen molar-refractivity contribution in [3.8, 4) is 17.2 Å². The number of ether oxygens (including phenoxy) is 4. The monoisotopic (exact) mass is 451 g/mol. The number of aryl methyl sites for hydroxylation is 2. The van der Waals surface area contributed by atoms with Gasteiger partial charge in [0.2, 0.25) is 5.89 Å². The zero-order chi connectivity index (χ0) is 23.4. The predicted molar refractivity (Wildman–Crippen MR) is 122 cm³/mol. The van der Waals surface area contributed by atoms with E-state index in [1.807, 2.05) is 55.5 Å². The number of esters is 1. The molecule has 0 radical (unpaired) electrons. The van der Waals surface area contributed by atoms with E-state index in [1.54, 1.807) is 6.92 Å². The summed E-state index contributed by atoms with van der Waals surface area (Å²) in [5.41, 5.74) is 4.12. The summed E-state index contributed by atoms with van der Waals surface area (Å²) in [6.45, 7) is 6.80. The van der Waals surface area contributed by atoms with Gasteiger partial charge in [0, 0.05) is 24.8 Å². The van der Waals surface area contributed by atoms with Crippen LogP contribution in [0, 0.1) is 13.8 Å². The maximum Gasteiger partial charge on any atom is 0.366 e. The van der Waals surface area contributed by atoms with Crippen molar-refractivity contribution in [1.29, 1.82) is 0 Å². The highest BCUT2D eigenvalue weighted by molar-refractivity contribution is 5.77. The molecule has 1 fully saturated rings. The SMILES string of the molecule is COC(=O)[C@]1(C)OC[C@H](c2ccc(OCCc3nc(-c4ccc(C)cc4)oc3C)cc2)CO1. The Kier molecular flexibility index (Phi) is 6.81. The van der Waals surface area contributed by atoms with Gasteiger partial charge in [0.25, 0.3) is 5.79 Å². The smallest absolute Gasteiger partial charge is 0.366 e. The molecule has 0 aliphatic carbocycles. The fourth-order valence-corrected chi connectivity index (χ4v) is 3.69. The third-order valence-electron chi connectivity index (χ3n) is 5.83. The van der Waals surface area contributed by atoms with Crippen molar-refractivity contribution in [2.45, 2.75) is 38.9 Å². The highest BCUT2D eigenvalue weighted by atomic mass is 16.7. The van der Waals surface area contributed by atoms with Gasteiger partial charge in [-0.2, -0.15) is 0 Å². The standard InChI is InChI=1S/C26H29NO6/c1-17-5-7-20(8-6-17)24-27-23(18(2)33-24)13-14-30-22-11-9-19(10-12-22)21-15-31-26(3,32-16-21)25(28)29-4/h5-12,21H,13-16H2,1-4H3/t21-,26+. The van der Waals surface area contributed by atoms with Crippen LogP contribution in [-0.4, -0.2) is 43.7 Å². The van der Waals surface area contributed by atoms with Crippen molar-refractivity contribution in [1.82, 2.24) is 4.98 Å². The first-order valence-corrected chi connectivity index (χ1v) is 11.0. The summed E-state index contributed by atoms with van der Waals surface area (Å²) >= 11 is 0. The number of carbonyl (C=O) groups is 1. The van der Waals surface area contributed by atoms with Crippen LogP contribution in [-0.2, 0) is 25.4 Å². The minimum atomic E-state index is -1.34. The van der Waals surface area contributed by atoms with Crippen molar-refractivity contribution in [3.63, 3.8) is 0 Å². The zero-order valence-electron chi connectivity index (χ0n) is 19.4. The van der Waals surface area contributed by atoms with Gasteiger partial charge < -0.3 is 23.4 Å². The van der Waals surface area contributed by atoms with Gasteiger partial charge in [-0.1, -0.05) is 29.8 Å². The number of hydrogen-bond acceptors (Lipinski definition) is 7. The van der Waals surface area contributed by atoms with Gasteiger partial charge >= 0.3 is 5.97 Å². The molecule has 0 saturated carbocycles. The number of nitrogens with zero attached hydrogens (tertiary/aromatic N) is 1. The number of methoxy groups -OCH3 is 1. The lowest BCUT2D eigenvalue weighted by molar-refractivity contribution is -0.264. The third kappa shape index (κ3) is 5.26. The van der Waals surface area contributed by atoms with Crippen molar-refractivity contribution in [2.24, 2.45) is 0 Å². The van der Waals surface area contributed by atoms with E-state index in [4.69, 9.17) is 23.4 Å². The van der Waals surface area contributed by atoms with Crippen molar-refractivity contribution >= 4 is 5.97 Å². The average molecular weight is 452 g/mol. The average Bonchev–Trinajstić information content (AvgIpc) is 3.20. The molecule has 4 rings (SSSR count). The van der Waals surface area contributed by atoms with Crippen LogP contribution in [0.5, 0.6) is 5.75 Å². The molecular weight excluding hydrogens is 422 g/mol. The summed E-state index contributed by atoms with van der Waals surface area (Å²) in [7, 11) is 1.32. The molecule has 2 heterocycles. The molecule has 33 heavy (non-hydrogen) atoms. The van der Waals surface area contributed by atoms with Crippen LogP contribution in [0.3, 0.4) is 0 Å². The van der Waals surface area contributed by atoms with Crippen LogP contribution in [0.1, 0.15) is 35.4 Å². The zero-order valence-corrected chi connectivity index (χ0v) is 19.4. The fraction of sp³-hybridized carbons (Fsp3) is 0.385. The van der Waals surface area contributed by atoms with Crippen LogP contribution >= 0.6 is 0 Å². The Bertz CT molecular complexity index is 1080. The summed E-state index contributed by atoms with van der Waals surface area (Å²) in [5, 5.41) is 0. The Morgan fingerprint density at radius 3 is 2.36 bits per heavy atom. The second-order valence-corrected chi connectivity index (χ2v) is 8.31. The van der Waals surface area contributed by atoms with E-state index in [1.165, 1.54) is 12.7 Å². The minimum Gasteiger partial charge on any atom is -0.493 e. The van der Waals surface area contributed by atoms with E-state index in [2.05, 4.69) is 11.9 Å². The molecule has 2 aromatic carbocycles. The van der Waals surface area contributed by atoms with E-state index in [0.29, 0.717) is 32.1 Å². The highest BCUT2D eigenvalue weighted by Crippen LogP contribution is 2.29. The normalized spacial score (nSPS) is 20.4. The lowest BCUT2D eigenvalue weighted by Crippen LogP contribution is -2.47. The maximum atomic E-state index is 11.8. The molecule has 1 aliphatic rings. The molecule has 0 spiro atoms. The summed E-state index contributed by atoms with van der Waals surface area (Å²) in [6.07, 6.45) is 0.652. The topological polar surface area (TPSA) is 80.0 Å². The minimum absolute atomic E-state index is 0.0368. The largest absolute Gasteiger partial charge is 0.493 e. The fourth-order valence-electron chi connectivity index (χ4n) is 3.69. The van der Waals surface area contributed by atoms with Crippen molar-refractivity contribution in [2.75, 3.05) is 26.9 Å². The number of aromatic nitrogens is 1. The van der Waals surface area contributed by atoms with Gasteiger partial charge in [-0.05, 0) is 43.7 Å². The molecule has 0 amide bonds. The lowest BCUT2D eigenvalue weighted by Gasteiger charge is -2.35. The third-order valence-corrected chi connectivity index (χ3v) is 5.83. The van der Waals surface area contributed by atoms with Gasteiger partial charge in [-0.3, -0.25) is 0 Å². The van der Waals surface area contributed by atoms with Crippen LogP contribution in [0.25, 0.3) is 11.5 Å². The van der Waals surface area contributed by atoms with Crippen LogP contribution in [0.15, 0.2) is 52.9 Å². The first-order chi connectivity index (χ1) is 15.9. The summed E-state index contributed by atoms with van der Waals surface area (Å²) in [6, 6.07) is 16.0. The Labute approximate surface area is 193 Å². The number of benzene rings is 2. The Morgan fingerprint density at radius 1 is 1.06 bits per heavy atom. The molecule has 7 heteroatoms. The first kappa shape index (κ1) is 23.0. The molecule has 0 unspecified atom stereocenters. The second-order valence-electron chi connectivity index (χ2n) is 8.31. The van der Waals surface area contributed by atoms with E-state index in [0.717, 1.165) is 28.3 Å². The molecule has 1 aliphatic heterocycles. The number of carbonyl (C=O) groups excluding carboxylic acids is 1. The van der Waals surface area contributed by atoms with Gasteiger partial charge in [0.1, 0.15) is 11.5 Å². The molecule has 1 saturated heterocycles.